The quantitative estimate of drug-likeness (QED) is 0.276. The molecule has 0 aliphatic heterocycles. The van der Waals surface area contributed by atoms with Gasteiger partial charge in [-0.2, -0.15) is 0 Å². The van der Waals surface area contributed by atoms with Gasteiger partial charge in [0.1, 0.15) is 11.5 Å². The first-order valence-corrected chi connectivity index (χ1v) is 13.2. The van der Waals surface area contributed by atoms with Gasteiger partial charge in [-0.3, -0.25) is 0 Å². The van der Waals surface area contributed by atoms with Gasteiger partial charge in [0.25, 0.3) is 0 Å². The molecular formula is C29H28O2P2. The second-order valence-corrected chi connectivity index (χ2v) is 11.7. The Hall–Kier alpha value is -2.66. The Morgan fingerprint density at radius 3 is 1.82 bits per heavy atom. The second kappa shape index (κ2) is 9.30. The van der Waals surface area contributed by atoms with E-state index in [9.17, 15) is 0 Å². The van der Waals surface area contributed by atoms with E-state index in [1.165, 1.54) is 27.1 Å². The maximum absolute atomic E-state index is 5.86. The summed E-state index contributed by atoms with van der Waals surface area (Å²) in [7, 11) is 2.44. The minimum absolute atomic E-state index is 0.250. The third-order valence-corrected chi connectivity index (χ3v) is 10.3. The predicted molar refractivity (Wildman–Crippen MR) is 144 cm³/mol. The van der Waals surface area contributed by atoms with Crippen molar-refractivity contribution in [2.45, 2.75) is 26.4 Å². The smallest absolute Gasteiger partial charge is 0.134 e. The first kappa shape index (κ1) is 22.1. The minimum atomic E-state index is -0.598. The molecule has 2 nitrogen and oxygen atoms in total. The molecule has 33 heavy (non-hydrogen) atoms. The van der Waals surface area contributed by atoms with E-state index in [-0.39, 0.29) is 5.92 Å². The maximum Gasteiger partial charge on any atom is 0.134 e. The molecule has 0 spiro atoms. The largest absolute Gasteiger partial charge is 0.464 e. The highest BCUT2D eigenvalue weighted by atomic mass is 31.1. The van der Waals surface area contributed by atoms with Crippen molar-refractivity contribution in [2.75, 3.05) is 0 Å². The Balaban J connectivity index is 1.66. The molecule has 2 heterocycles. The minimum Gasteiger partial charge on any atom is -0.464 e. The fourth-order valence-electron chi connectivity index (χ4n) is 4.80. The van der Waals surface area contributed by atoms with Crippen LogP contribution >= 0.6 is 17.2 Å². The molecule has 1 aliphatic rings. The van der Waals surface area contributed by atoms with Crippen LogP contribution in [0, 0.1) is 19.8 Å². The molecule has 0 N–H and O–H groups in total. The third-order valence-electron chi connectivity index (χ3n) is 6.49. The van der Waals surface area contributed by atoms with Crippen LogP contribution in [0.5, 0.6) is 0 Å². The predicted octanol–water partition coefficient (Wildman–Crippen LogP) is 7.31. The van der Waals surface area contributed by atoms with Crippen LogP contribution in [-0.4, -0.2) is 5.66 Å². The lowest BCUT2D eigenvalue weighted by molar-refractivity contribution is 0.547. The molecule has 4 heteroatoms. The molecule has 0 bridgehead atoms. The normalized spacial score (nSPS) is 17.0. The molecule has 2 aromatic heterocycles. The Kier molecular flexibility index (Phi) is 6.24. The highest BCUT2D eigenvalue weighted by molar-refractivity contribution is 7.73. The van der Waals surface area contributed by atoms with Crippen LogP contribution < -0.4 is 10.6 Å². The van der Waals surface area contributed by atoms with Crippen LogP contribution in [-0.2, 0) is 0 Å². The summed E-state index contributed by atoms with van der Waals surface area (Å²) in [5.41, 5.74) is 5.33. The fraction of sp³-hybridized carbons (Fsp3) is 0.172. The van der Waals surface area contributed by atoms with Crippen molar-refractivity contribution >= 4 is 38.9 Å². The summed E-state index contributed by atoms with van der Waals surface area (Å²) in [6.45, 7) is 6.88. The fourth-order valence-corrected chi connectivity index (χ4v) is 8.76. The van der Waals surface area contributed by atoms with Gasteiger partial charge in [0, 0.05) is 17.1 Å². The lowest BCUT2D eigenvalue weighted by Crippen LogP contribution is -2.27. The molecule has 2 aromatic carbocycles. The Bertz CT molecular complexity index is 1270. The van der Waals surface area contributed by atoms with Gasteiger partial charge in [-0.25, -0.2) is 0 Å². The SMILES string of the molecule is Cc1ccccc1P(c1ccccc1C)C(C)C1C=C(c2ccco2)C(c2ccco2)=C1P. The first-order valence-electron chi connectivity index (χ1n) is 11.3. The molecule has 3 unspecified atom stereocenters. The van der Waals surface area contributed by atoms with E-state index in [1.807, 2.05) is 24.3 Å². The number of hydrogen-bond donors (Lipinski definition) is 0. The van der Waals surface area contributed by atoms with Crippen molar-refractivity contribution in [3.05, 3.63) is 119 Å². The summed E-state index contributed by atoms with van der Waals surface area (Å²) in [5, 5.41) is 4.16. The van der Waals surface area contributed by atoms with E-state index in [2.05, 4.69) is 84.6 Å². The molecule has 0 saturated carbocycles. The molecular weight excluding hydrogens is 442 g/mol. The molecule has 0 radical (unpaired) electrons. The van der Waals surface area contributed by atoms with Gasteiger partial charge in [0.2, 0.25) is 0 Å². The molecule has 0 amide bonds. The van der Waals surface area contributed by atoms with Crippen LogP contribution in [0.15, 0.2) is 106 Å². The van der Waals surface area contributed by atoms with Crippen LogP contribution in [0.3, 0.4) is 0 Å². The summed E-state index contributed by atoms with van der Waals surface area (Å²) in [5.74, 6) is 2.01. The van der Waals surface area contributed by atoms with Crippen molar-refractivity contribution in [3.63, 3.8) is 0 Å². The molecule has 1 aliphatic carbocycles. The van der Waals surface area contributed by atoms with E-state index in [0.717, 1.165) is 22.7 Å². The van der Waals surface area contributed by atoms with E-state index >= 15 is 0 Å². The molecule has 4 aromatic rings. The Morgan fingerprint density at radius 2 is 1.30 bits per heavy atom. The van der Waals surface area contributed by atoms with Gasteiger partial charge in [-0.1, -0.05) is 61.5 Å². The van der Waals surface area contributed by atoms with Crippen LogP contribution in [0.1, 0.15) is 29.6 Å². The number of allylic oxidation sites excluding steroid dienone is 4. The zero-order chi connectivity index (χ0) is 22.9. The van der Waals surface area contributed by atoms with Crippen molar-refractivity contribution in [1.82, 2.24) is 0 Å². The monoisotopic (exact) mass is 470 g/mol. The molecule has 5 rings (SSSR count). The van der Waals surface area contributed by atoms with Crippen LogP contribution in [0.4, 0.5) is 0 Å². The Labute approximate surface area is 199 Å². The number of benzene rings is 2. The van der Waals surface area contributed by atoms with Gasteiger partial charge in [-0.05, 0) is 78.7 Å². The zero-order valence-corrected chi connectivity index (χ0v) is 21.2. The summed E-state index contributed by atoms with van der Waals surface area (Å²) < 4.78 is 11.7. The zero-order valence-electron chi connectivity index (χ0n) is 19.2. The molecule has 0 saturated heterocycles. The van der Waals surface area contributed by atoms with Gasteiger partial charge in [0.15, 0.2) is 0 Å². The Morgan fingerprint density at radius 1 is 0.758 bits per heavy atom. The number of aryl methyl sites for hydroxylation is 2. The summed E-state index contributed by atoms with van der Waals surface area (Å²) in [4.78, 5) is 0. The average molecular weight is 470 g/mol. The van der Waals surface area contributed by atoms with Gasteiger partial charge in [0.05, 0.1) is 12.5 Å². The number of rotatable bonds is 6. The van der Waals surface area contributed by atoms with E-state index in [1.54, 1.807) is 12.5 Å². The van der Waals surface area contributed by atoms with Crippen molar-refractivity contribution in [3.8, 4) is 0 Å². The van der Waals surface area contributed by atoms with Gasteiger partial charge >= 0.3 is 0 Å². The highest BCUT2D eigenvalue weighted by Crippen LogP contribution is 2.54. The molecule has 0 fully saturated rings. The van der Waals surface area contributed by atoms with Crippen molar-refractivity contribution < 1.29 is 8.83 Å². The number of furan rings is 2. The van der Waals surface area contributed by atoms with Crippen molar-refractivity contribution in [2.24, 2.45) is 5.92 Å². The number of hydrogen-bond acceptors (Lipinski definition) is 2. The lowest BCUT2D eigenvalue weighted by atomic mass is 10.1. The van der Waals surface area contributed by atoms with E-state index < -0.39 is 7.92 Å². The third kappa shape index (κ3) is 4.08. The van der Waals surface area contributed by atoms with E-state index in [0.29, 0.717) is 5.66 Å². The lowest BCUT2D eigenvalue weighted by Gasteiger charge is -2.32. The van der Waals surface area contributed by atoms with E-state index in [4.69, 9.17) is 8.83 Å². The average Bonchev–Trinajstić information content (AvgIpc) is 3.57. The topological polar surface area (TPSA) is 26.3 Å². The summed E-state index contributed by atoms with van der Waals surface area (Å²) in [6.07, 6.45) is 5.86. The molecule has 166 valence electrons. The van der Waals surface area contributed by atoms with Crippen molar-refractivity contribution in [1.29, 1.82) is 0 Å². The van der Waals surface area contributed by atoms with Crippen LogP contribution in [0.25, 0.3) is 11.1 Å². The second-order valence-electron chi connectivity index (χ2n) is 8.57. The summed E-state index contributed by atoms with van der Waals surface area (Å²) in [6, 6.07) is 25.7. The molecule has 3 atom stereocenters. The summed E-state index contributed by atoms with van der Waals surface area (Å²) >= 11 is 0. The standard InChI is InChI=1S/C29H28O2P2/c1-19-10-4-6-14-26(19)33(27-15-7-5-11-20(27)2)21(3)22-18-23(24-12-8-16-30-24)28(29(22)32)25-13-9-17-31-25/h4-18,21-22H,32H2,1-3H3. The maximum atomic E-state index is 5.86. The van der Waals surface area contributed by atoms with Gasteiger partial charge < -0.3 is 8.83 Å². The van der Waals surface area contributed by atoms with Crippen LogP contribution in [0.2, 0.25) is 0 Å². The van der Waals surface area contributed by atoms with Gasteiger partial charge in [-0.15, -0.1) is 9.24 Å². The highest BCUT2D eigenvalue weighted by Gasteiger charge is 2.36. The first-order chi connectivity index (χ1) is 16.1.